The zero-order valence-electron chi connectivity index (χ0n) is 20.1. The summed E-state index contributed by atoms with van der Waals surface area (Å²) in [6, 6.07) is 13.8. The Kier molecular flexibility index (Phi) is 5.98. The molecule has 1 heterocycles. The summed E-state index contributed by atoms with van der Waals surface area (Å²) in [7, 11) is 0. The third-order valence-corrected chi connectivity index (χ3v) is 7.50. The first kappa shape index (κ1) is 22.5. The van der Waals surface area contributed by atoms with Crippen molar-refractivity contribution < 1.29 is 14.1 Å². The molecule has 6 nitrogen and oxygen atoms in total. The van der Waals surface area contributed by atoms with Gasteiger partial charge in [0.15, 0.2) is 0 Å². The summed E-state index contributed by atoms with van der Waals surface area (Å²) in [5.41, 5.74) is 2.25. The summed E-state index contributed by atoms with van der Waals surface area (Å²) in [5.74, 6) is 2.05. The number of rotatable bonds is 7. The zero-order valence-corrected chi connectivity index (χ0v) is 20.1. The van der Waals surface area contributed by atoms with E-state index < -0.39 is 5.60 Å². The SMILES string of the molecule is CC(C)(C)OC(=O)N[C@H]1CC[C@H](c2cc(C3(CN[C@@H]4C[C@H]4c4ccccc4)CC3)no2)CC1. The first-order valence-corrected chi connectivity index (χ1v) is 12.6. The van der Waals surface area contributed by atoms with Crippen LogP contribution in [0.5, 0.6) is 0 Å². The summed E-state index contributed by atoms with van der Waals surface area (Å²) in [4.78, 5) is 12.0. The largest absolute Gasteiger partial charge is 0.444 e. The fraction of sp³-hybridized carbons (Fsp3) is 0.630. The van der Waals surface area contributed by atoms with Gasteiger partial charge in [-0.1, -0.05) is 35.5 Å². The lowest BCUT2D eigenvalue weighted by Gasteiger charge is -2.29. The second-order valence-corrected chi connectivity index (χ2v) is 11.3. The molecule has 0 aliphatic heterocycles. The van der Waals surface area contributed by atoms with Gasteiger partial charge in [0.05, 0.1) is 5.69 Å². The van der Waals surface area contributed by atoms with Crippen LogP contribution in [0.25, 0.3) is 0 Å². The Bertz CT molecular complexity index is 952. The molecule has 1 amide bonds. The number of nitrogens with zero attached hydrogens (tertiary/aromatic N) is 1. The van der Waals surface area contributed by atoms with Crippen molar-refractivity contribution in [2.45, 2.75) is 101 Å². The second-order valence-electron chi connectivity index (χ2n) is 11.3. The fourth-order valence-corrected chi connectivity index (χ4v) is 5.22. The summed E-state index contributed by atoms with van der Waals surface area (Å²) >= 11 is 0. The number of hydrogen-bond donors (Lipinski definition) is 2. The number of ether oxygens (including phenoxy) is 1. The molecule has 0 saturated heterocycles. The molecule has 0 unspecified atom stereocenters. The Hall–Kier alpha value is -2.34. The van der Waals surface area contributed by atoms with Gasteiger partial charge in [0.2, 0.25) is 0 Å². The summed E-state index contributed by atoms with van der Waals surface area (Å²) in [5, 5.41) is 11.3. The van der Waals surface area contributed by atoms with Crippen molar-refractivity contribution in [3.8, 4) is 0 Å². The number of benzene rings is 1. The minimum Gasteiger partial charge on any atom is -0.444 e. The highest BCUT2D eigenvalue weighted by molar-refractivity contribution is 5.68. The summed E-state index contributed by atoms with van der Waals surface area (Å²) in [6.45, 7) is 6.65. The Morgan fingerprint density at radius 3 is 2.55 bits per heavy atom. The monoisotopic (exact) mass is 451 g/mol. The second kappa shape index (κ2) is 8.79. The van der Waals surface area contributed by atoms with E-state index in [0.717, 1.165) is 43.7 Å². The Labute approximate surface area is 196 Å². The first-order chi connectivity index (χ1) is 15.8. The molecule has 3 fully saturated rings. The first-order valence-electron chi connectivity index (χ1n) is 12.6. The van der Waals surface area contributed by atoms with Gasteiger partial charge < -0.3 is 19.9 Å². The molecular weight excluding hydrogens is 414 g/mol. The van der Waals surface area contributed by atoms with Crippen LogP contribution >= 0.6 is 0 Å². The molecule has 0 spiro atoms. The number of amides is 1. The zero-order chi connectivity index (χ0) is 23.1. The minimum absolute atomic E-state index is 0.154. The van der Waals surface area contributed by atoms with Crippen molar-refractivity contribution in [2.24, 2.45) is 0 Å². The van der Waals surface area contributed by atoms with E-state index in [2.05, 4.69) is 52.2 Å². The van der Waals surface area contributed by atoms with Crippen LogP contribution in [0.2, 0.25) is 0 Å². The number of hydrogen-bond acceptors (Lipinski definition) is 5. The van der Waals surface area contributed by atoms with Crippen molar-refractivity contribution >= 4 is 6.09 Å². The van der Waals surface area contributed by atoms with Crippen molar-refractivity contribution in [2.75, 3.05) is 6.54 Å². The van der Waals surface area contributed by atoms with Crippen molar-refractivity contribution in [1.29, 1.82) is 0 Å². The molecule has 3 aliphatic carbocycles. The lowest BCUT2D eigenvalue weighted by Crippen LogP contribution is -2.40. The normalized spacial score (nSPS) is 28.2. The highest BCUT2D eigenvalue weighted by Gasteiger charge is 2.49. The molecule has 3 saturated carbocycles. The third kappa shape index (κ3) is 5.43. The van der Waals surface area contributed by atoms with E-state index in [-0.39, 0.29) is 17.6 Å². The molecule has 2 atom stereocenters. The molecule has 0 bridgehead atoms. The Morgan fingerprint density at radius 1 is 1.15 bits per heavy atom. The van der Waals surface area contributed by atoms with Gasteiger partial charge in [0, 0.05) is 41.9 Å². The van der Waals surface area contributed by atoms with E-state index in [9.17, 15) is 4.79 Å². The minimum atomic E-state index is -0.465. The van der Waals surface area contributed by atoms with E-state index in [4.69, 9.17) is 9.26 Å². The average Bonchev–Trinajstić information content (AvgIpc) is 3.69. The average molecular weight is 452 g/mol. The molecule has 178 valence electrons. The van der Waals surface area contributed by atoms with E-state index in [0.29, 0.717) is 17.9 Å². The molecule has 3 aliphatic rings. The summed E-state index contributed by atoms with van der Waals surface area (Å²) in [6.07, 6.45) is 7.15. The van der Waals surface area contributed by atoms with Crippen LogP contribution in [-0.2, 0) is 10.2 Å². The van der Waals surface area contributed by atoms with E-state index in [1.165, 1.54) is 24.8 Å². The van der Waals surface area contributed by atoms with E-state index in [1.54, 1.807) is 0 Å². The smallest absolute Gasteiger partial charge is 0.407 e. The van der Waals surface area contributed by atoms with Crippen LogP contribution in [-0.4, -0.2) is 35.5 Å². The quantitative estimate of drug-likeness (QED) is 0.589. The van der Waals surface area contributed by atoms with Gasteiger partial charge in [0.1, 0.15) is 11.4 Å². The molecule has 5 rings (SSSR count). The molecule has 1 aromatic heterocycles. The van der Waals surface area contributed by atoms with Crippen LogP contribution in [0.3, 0.4) is 0 Å². The highest BCUT2D eigenvalue weighted by atomic mass is 16.6. The van der Waals surface area contributed by atoms with Crippen molar-refractivity contribution in [3.05, 3.63) is 53.4 Å². The third-order valence-electron chi connectivity index (χ3n) is 7.50. The standard InChI is InChI=1S/C27H37N3O3/c1-26(2,3)32-25(31)29-20-11-9-19(10-12-20)23-16-24(30-33-23)27(13-14-27)17-28-22-15-21(22)18-7-5-4-6-8-18/h4-8,16,19-22,28H,9-15,17H2,1-3H3,(H,29,31)/t19-,20-,21-,22+/m0/s1. The predicted molar refractivity (Wildman–Crippen MR) is 127 cm³/mol. The Morgan fingerprint density at radius 2 is 1.88 bits per heavy atom. The Balaban J connectivity index is 1.10. The number of aromatic nitrogens is 1. The van der Waals surface area contributed by atoms with Crippen LogP contribution in [0.4, 0.5) is 4.79 Å². The summed E-state index contributed by atoms with van der Waals surface area (Å²) < 4.78 is 11.2. The molecule has 33 heavy (non-hydrogen) atoms. The number of carbonyl (C=O) groups is 1. The number of nitrogens with one attached hydrogen (secondary N) is 2. The van der Waals surface area contributed by atoms with Gasteiger partial charge in [-0.2, -0.15) is 0 Å². The van der Waals surface area contributed by atoms with E-state index in [1.807, 2.05) is 20.8 Å². The predicted octanol–water partition coefficient (Wildman–Crippen LogP) is 5.40. The molecule has 0 radical (unpaired) electrons. The maximum absolute atomic E-state index is 12.0. The number of carbonyl (C=O) groups excluding carboxylic acids is 1. The van der Waals surface area contributed by atoms with E-state index >= 15 is 0 Å². The highest BCUT2D eigenvalue weighted by Crippen LogP contribution is 2.49. The lowest BCUT2D eigenvalue weighted by atomic mass is 9.84. The molecule has 1 aromatic carbocycles. The van der Waals surface area contributed by atoms with Gasteiger partial charge in [0.25, 0.3) is 0 Å². The van der Waals surface area contributed by atoms with Crippen LogP contribution in [0.15, 0.2) is 40.9 Å². The topological polar surface area (TPSA) is 76.4 Å². The van der Waals surface area contributed by atoms with Crippen LogP contribution in [0, 0.1) is 0 Å². The van der Waals surface area contributed by atoms with Gasteiger partial charge in [-0.25, -0.2) is 4.79 Å². The van der Waals surface area contributed by atoms with Crippen LogP contribution < -0.4 is 10.6 Å². The maximum atomic E-state index is 12.0. The van der Waals surface area contributed by atoms with Crippen LogP contribution in [0.1, 0.15) is 94.6 Å². The molecule has 2 aromatic rings. The molecule has 6 heteroatoms. The van der Waals surface area contributed by atoms with Crippen molar-refractivity contribution in [3.63, 3.8) is 0 Å². The molecular formula is C27H37N3O3. The molecule has 2 N–H and O–H groups in total. The lowest BCUT2D eigenvalue weighted by molar-refractivity contribution is 0.0490. The fourth-order valence-electron chi connectivity index (χ4n) is 5.22. The van der Waals surface area contributed by atoms with Gasteiger partial charge in [-0.3, -0.25) is 0 Å². The number of alkyl carbamates (subject to hydrolysis) is 1. The van der Waals surface area contributed by atoms with Gasteiger partial charge in [-0.15, -0.1) is 0 Å². The van der Waals surface area contributed by atoms with Gasteiger partial charge in [-0.05, 0) is 71.3 Å². The van der Waals surface area contributed by atoms with Crippen molar-refractivity contribution in [1.82, 2.24) is 15.8 Å². The maximum Gasteiger partial charge on any atom is 0.407 e. The van der Waals surface area contributed by atoms with Gasteiger partial charge >= 0.3 is 6.09 Å².